The summed E-state index contributed by atoms with van der Waals surface area (Å²) in [5.41, 5.74) is -1.19. The largest absolute Gasteiger partial charge is 0.459 e. The summed E-state index contributed by atoms with van der Waals surface area (Å²) in [7, 11) is 1.89. The monoisotopic (exact) mass is 365 g/mol. The molecular formula is C19H27NO6. The van der Waals surface area contributed by atoms with Crippen LogP contribution in [-0.4, -0.2) is 66.2 Å². The van der Waals surface area contributed by atoms with Crippen molar-refractivity contribution in [3.8, 4) is 0 Å². The summed E-state index contributed by atoms with van der Waals surface area (Å²) in [4.78, 5) is 39.7. The zero-order valence-corrected chi connectivity index (χ0v) is 15.8. The van der Waals surface area contributed by atoms with Crippen LogP contribution in [0.3, 0.4) is 0 Å². The number of esters is 2. The second kappa shape index (κ2) is 8.14. The van der Waals surface area contributed by atoms with Crippen molar-refractivity contribution in [1.29, 1.82) is 0 Å². The molecule has 7 nitrogen and oxygen atoms in total. The van der Waals surface area contributed by atoms with Crippen LogP contribution >= 0.6 is 0 Å². The first-order valence-corrected chi connectivity index (χ1v) is 8.84. The number of fused-ring (bicyclic) bond motifs is 2. The number of aliphatic hydroxyl groups is 1. The number of ether oxygens (including phenoxy) is 2. The normalized spacial score (nSPS) is 36.0. The third-order valence-corrected chi connectivity index (χ3v) is 5.15. The van der Waals surface area contributed by atoms with E-state index in [1.807, 2.05) is 11.9 Å². The first kappa shape index (κ1) is 20.3. The molecule has 3 atom stereocenters. The van der Waals surface area contributed by atoms with Gasteiger partial charge in [0.05, 0.1) is 0 Å². The van der Waals surface area contributed by atoms with E-state index in [1.54, 1.807) is 26.0 Å². The zero-order chi connectivity index (χ0) is 19.5. The maximum Gasteiger partial charge on any atom is 0.338 e. The van der Waals surface area contributed by atoms with Crippen LogP contribution in [0.4, 0.5) is 0 Å². The molecule has 0 aromatic heterocycles. The Labute approximate surface area is 153 Å². The molecule has 0 saturated carbocycles. The van der Waals surface area contributed by atoms with Gasteiger partial charge in [0.15, 0.2) is 11.7 Å². The number of cyclic esters (lactones) is 1. The van der Waals surface area contributed by atoms with Gasteiger partial charge in [-0.1, -0.05) is 19.1 Å². The van der Waals surface area contributed by atoms with E-state index in [2.05, 4.69) is 0 Å². The lowest BCUT2D eigenvalue weighted by atomic mass is 9.85. The third kappa shape index (κ3) is 4.40. The van der Waals surface area contributed by atoms with Gasteiger partial charge in [-0.2, -0.15) is 0 Å². The van der Waals surface area contributed by atoms with Crippen molar-refractivity contribution in [2.45, 2.75) is 45.3 Å². The van der Waals surface area contributed by atoms with Crippen molar-refractivity contribution in [1.82, 2.24) is 4.90 Å². The van der Waals surface area contributed by atoms with Crippen LogP contribution in [0.2, 0.25) is 0 Å². The molecule has 1 N–H and O–H groups in total. The van der Waals surface area contributed by atoms with E-state index in [0.29, 0.717) is 25.1 Å². The van der Waals surface area contributed by atoms with Crippen molar-refractivity contribution in [2.75, 3.05) is 26.7 Å². The Morgan fingerprint density at radius 2 is 2.04 bits per heavy atom. The molecule has 2 bridgehead atoms. The third-order valence-electron chi connectivity index (χ3n) is 5.15. The number of nitrogens with zero attached hydrogens (tertiary/aromatic N) is 1. The quantitative estimate of drug-likeness (QED) is 0.506. The Hall–Kier alpha value is -1.99. The highest BCUT2D eigenvalue weighted by atomic mass is 16.6. The molecule has 0 aromatic rings. The fourth-order valence-electron chi connectivity index (χ4n) is 2.92. The number of likely N-dealkylation sites (N-methyl/N-ethyl adjacent to an activating group) is 1. The molecule has 0 spiro atoms. The van der Waals surface area contributed by atoms with Crippen LogP contribution in [0.1, 0.15) is 33.6 Å². The minimum Gasteiger partial charge on any atom is -0.459 e. The number of carbonyl (C=O) groups excluding carboxylic acids is 3. The van der Waals surface area contributed by atoms with Crippen molar-refractivity contribution < 1.29 is 29.0 Å². The standard InChI is InChI=1S/C19H27NO6/c1-5-13-10-12(2)19(3,24)18(23)25-11-14-6-8-20(4)9-7-15(16(14)21)26-17(13)22/h5-6,12,15,24H,7-11H2,1-4H3/b13-5+,14-6-/t12-,15?,19-/m1/s1. The van der Waals surface area contributed by atoms with E-state index < -0.39 is 29.6 Å². The van der Waals surface area contributed by atoms with Gasteiger partial charge in [-0.05, 0) is 33.2 Å². The molecule has 2 aliphatic heterocycles. The van der Waals surface area contributed by atoms with Crippen molar-refractivity contribution in [3.05, 3.63) is 23.3 Å². The molecule has 26 heavy (non-hydrogen) atoms. The fraction of sp³-hybridized carbons (Fsp3) is 0.632. The van der Waals surface area contributed by atoms with Crippen LogP contribution in [0.15, 0.2) is 23.3 Å². The van der Waals surface area contributed by atoms with Crippen LogP contribution in [0, 0.1) is 5.92 Å². The van der Waals surface area contributed by atoms with Gasteiger partial charge < -0.3 is 19.5 Å². The highest BCUT2D eigenvalue weighted by Crippen LogP contribution is 2.27. The smallest absolute Gasteiger partial charge is 0.338 e. The predicted octanol–water partition coefficient (Wildman–Crippen LogP) is 1.01. The molecule has 0 aromatic carbocycles. The van der Waals surface area contributed by atoms with E-state index in [4.69, 9.17) is 9.47 Å². The summed E-state index contributed by atoms with van der Waals surface area (Å²) in [6.07, 6.45) is 2.86. The zero-order valence-electron chi connectivity index (χ0n) is 15.8. The average Bonchev–Trinajstić information content (AvgIpc) is 2.59. The molecule has 7 heteroatoms. The van der Waals surface area contributed by atoms with Gasteiger partial charge in [-0.15, -0.1) is 0 Å². The Bertz CT molecular complexity index is 648. The number of allylic oxidation sites excluding steroid dienone is 1. The van der Waals surface area contributed by atoms with E-state index in [9.17, 15) is 19.5 Å². The fourth-order valence-corrected chi connectivity index (χ4v) is 2.92. The first-order chi connectivity index (χ1) is 12.2. The second-order valence-corrected chi connectivity index (χ2v) is 7.18. The maximum absolute atomic E-state index is 12.8. The molecule has 2 aliphatic rings. The van der Waals surface area contributed by atoms with Gasteiger partial charge in [0.1, 0.15) is 6.61 Å². The molecule has 2 rings (SSSR count). The molecule has 2 heterocycles. The summed E-state index contributed by atoms with van der Waals surface area (Å²) in [6.45, 7) is 5.58. The summed E-state index contributed by atoms with van der Waals surface area (Å²) < 4.78 is 10.7. The van der Waals surface area contributed by atoms with Crippen LogP contribution in [0.5, 0.6) is 0 Å². The van der Waals surface area contributed by atoms with E-state index in [0.717, 1.165) is 0 Å². The molecule has 0 radical (unpaired) electrons. The van der Waals surface area contributed by atoms with Crippen molar-refractivity contribution in [2.24, 2.45) is 5.92 Å². The molecular weight excluding hydrogens is 338 g/mol. The van der Waals surface area contributed by atoms with Gasteiger partial charge in [-0.25, -0.2) is 9.59 Å². The van der Waals surface area contributed by atoms with Gasteiger partial charge >= 0.3 is 11.9 Å². The Morgan fingerprint density at radius 1 is 1.35 bits per heavy atom. The lowest BCUT2D eigenvalue weighted by molar-refractivity contribution is -0.169. The molecule has 1 fully saturated rings. The maximum atomic E-state index is 12.8. The van der Waals surface area contributed by atoms with Gasteiger partial charge in [0, 0.05) is 30.7 Å². The lowest BCUT2D eigenvalue weighted by Gasteiger charge is -2.31. The highest BCUT2D eigenvalue weighted by molar-refractivity contribution is 6.01. The number of ketones is 1. The van der Waals surface area contributed by atoms with E-state index >= 15 is 0 Å². The summed E-state index contributed by atoms with van der Waals surface area (Å²) in [5, 5.41) is 10.6. The molecule has 1 saturated heterocycles. The number of hydrogen-bond donors (Lipinski definition) is 1. The summed E-state index contributed by atoms with van der Waals surface area (Å²) in [5.74, 6) is -2.32. The number of Topliss-reactive ketones (excluding diaryl/α,β-unsaturated/α-hetero) is 1. The van der Waals surface area contributed by atoms with Crippen molar-refractivity contribution in [3.63, 3.8) is 0 Å². The Kier molecular flexibility index (Phi) is 6.36. The van der Waals surface area contributed by atoms with Crippen molar-refractivity contribution >= 4 is 17.7 Å². The molecule has 1 unspecified atom stereocenters. The van der Waals surface area contributed by atoms with Gasteiger partial charge in [0.2, 0.25) is 5.78 Å². The van der Waals surface area contributed by atoms with E-state index in [-0.39, 0.29) is 24.4 Å². The van der Waals surface area contributed by atoms with Crippen LogP contribution < -0.4 is 0 Å². The molecule has 0 amide bonds. The molecule has 144 valence electrons. The minimum absolute atomic E-state index is 0.140. The number of carbonyl (C=O) groups is 3. The van der Waals surface area contributed by atoms with Gasteiger partial charge in [-0.3, -0.25) is 4.79 Å². The summed E-state index contributed by atoms with van der Waals surface area (Å²) >= 11 is 0. The van der Waals surface area contributed by atoms with E-state index in [1.165, 1.54) is 6.92 Å². The van der Waals surface area contributed by atoms with Crippen LogP contribution in [-0.2, 0) is 23.9 Å². The highest BCUT2D eigenvalue weighted by Gasteiger charge is 2.40. The van der Waals surface area contributed by atoms with Gasteiger partial charge in [0.25, 0.3) is 0 Å². The number of rotatable bonds is 0. The first-order valence-electron chi connectivity index (χ1n) is 8.84. The summed E-state index contributed by atoms with van der Waals surface area (Å²) in [6, 6.07) is 0. The predicted molar refractivity (Wildman–Crippen MR) is 94.2 cm³/mol. The Morgan fingerprint density at radius 3 is 2.69 bits per heavy atom. The second-order valence-electron chi connectivity index (χ2n) is 7.18. The molecule has 0 aliphatic carbocycles. The lowest BCUT2D eigenvalue weighted by Crippen LogP contribution is -2.45. The minimum atomic E-state index is -1.78. The average molecular weight is 365 g/mol. The SMILES string of the molecule is C/C=C1\C[C@@H](C)[C@@](C)(O)C(=O)OC/C2=C/CN(C)CCC(OC1=O)C2=O. The van der Waals surface area contributed by atoms with Crippen LogP contribution in [0.25, 0.3) is 0 Å². The Balaban J connectivity index is 2.42. The number of hydrogen-bond acceptors (Lipinski definition) is 7. The topological polar surface area (TPSA) is 93.1 Å².